The normalized spacial score (nSPS) is 9.67. The molecule has 0 unspecified atom stereocenters. The lowest BCUT2D eigenvalue weighted by atomic mass is 10.2. The van der Waals surface area contributed by atoms with Gasteiger partial charge in [0.25, 0.3) is 0 Å². The summed E-state index contributed by atoms with van der Waals surface area (Å²) in [6.45, 7) is -0.00998. The molecule has 0 atom stereocenters. The largest absolute Gasteiger partial charge is 0.497 e. The summed E-state index contributed by atoms with van der Waals surface area (Å²) in [5.41, 5.74) is 0.905. The minimum atomic E-state index is -1.07. The maximum atomic E-state index is 11.5. The fraction of sp³-hybridized carbons (Fsp3) is 0.333. The van der Waals surface area contributed by atoms with Crippen LogP contribution in [0.4, 0.5) is 4.79 Å². The van der Waals surface area contributed by atoms with Crippen molar-refractivity contribution in [3.05, 3.63) is 29.8 Å². The van der Waals surface area contributed by atoms with Gasteiger partial charge in [-0.3, -0.25) is 4.79 Å². The molecule has 98 valence electrons. The Morgan fingerprint density at radius 3 is 2.78 bits per heavy atom. The highest BCUT2D eigenvalue weighted by atomic mass is 16.5. The van der Waals surface area contributed by atoms with Crippen LogP contribution in [0.3, 0.4) is 0 Å². The van der Waals surface area contributed by atoms with E-state index in [-0.39, 0.29) is 6.54 Å². The number of carboxylic acids is 1. The Morgan fingerprint density at radius 2 is 2.17 bits per heavy atom. The molecule has 1 rings (SSSR count). The molecular formula is C12H16N2O4. The van der Waals surface area contributed by atoms with E-state index in [0.717, 1.165) is 5.56 Å². The van der Waals surface area contributed by atoms with Crippen molar-refractivity contribution in [1.82, 2.24) is 10.2 Å². The van der Waals surface area contributed by atoms with E-state index in [1.807, 2.05) is 24.3 Å². The summed E-state index contributed by atoms with van der Waals surface area (Å²) in [7, 11) is 3.17. The van der Waals surface area contributed by atoms with E-state index in [2.05, 4.69) is 5.32 Å². The number of nitrogens with zero attached hydrogens (tertiary/aromatic N) is 1. The summed E-state index contributed by atoms with van der Waals surface area (Å²) in [5.74, 6) is -0.357. The molecule has 0 saturated heterocycles. The van der Waals surface area contributed by atoms with Crippen LogP contribution in [-0.2, 0) is 11.3 Å². The monoisotopic (exact) mass is 252 g/mol. The molecule has 0 heterocycles. The van der Waals surface area contributed by atoms with Gasteiger partial charge < -0.3 is 20.1 Å². The molecule has 18 heavy (non-hydrogen) atoms. The van der Waals surface area contributed by atoms with E-state index < -0.39 is 12.0 Å². The third kappa shape index (κ3) is 4.32. The Labute approximate surface area is 105 Å². The number of urea groups is 1. The van der Waals surface area contributed by atoms with Gasteiger partial charge in [-0.05, 0) is 17.7 Å². The van der Waals surface area contributed by atoms with Crippen LogP contribution in [-0.4, -0.2) is 42.7 Å². The molecule has 0 radical (unpaired) electrons. The summed E-state index contributed by atoms with van der Waals surface area (Å²) in [6, 6.07) is 6.90. The van der Waals surface area contributed by atoms with E-state index in [9.17, 15) is 9.59 Å². The van der Waals surface area contributed by atoms with Gasteiger partial charge in [0, 0.05) is 13.6 Å². The van der Waals surface area contributed by atoms with E-state index >= 15 is 0 Å². The average molecular weight is 252 g/mol. The molecule has 0 aliphatic rings. The third-order valence-corrected chi connectivity index (χ3v) is 2.29. The average Bonchev–Trinajstić information content (AvgIpc) is 2.36. The number of carbonyl (C=O) groups excluding carboxylic acids is 1. The molecule has 1 aromatic rings. The van der Waals surface area contributed by atoms with Crippen LogP contribution in [0.2, 0.25) is 0 Å². The van der Waals surface area contributed by atoms with Crippen molar-refractivity contribution in [2.75, 3.05) is 20.7 Å². The topological polar surface area (TPSA) is 78.9 Å². The number of hydrogen-bond donors (Lipinski definition) is 2. The second-order valence-corrected chi connectivity index (χ2v) is 3.76. The molecule has 6 nitrogen and oxygen atoms in total. The number of benzene rings is 1. The molecule has 6 heteroatoms. The Kier molecular flexibility index (Phi) is 4.98. The zero-order chi connectivity index (χ0) is 13.5. The minimum absolute atomic E-state index is 0.378. The molecule has 2 N–H and O–H groups in total. The quantitative estimate of drug-likeness (QED) is 0.816. The highest BCUT2D eigenvalue weighted by Crippen LogP contribution is 2.13. The van der Waals surface area contributed by atoms with Gasteiger partial charge in [0.15, 0.2) is 0 Å². The van der Waals surface area contributed by atoms with Crippen LogP contribution in [0.1, 0.15) is 5.56 Å². The molecule has 0 aromatic heterocycles. The van der Waals surface area contributed by atoms with Crippen molar-refractivity contribution in [2.45, 2.75) is 6.54 Å². The molecule has 1 aromatic carbocycles. The molecule has 0 spiro atoms. The maximum absolute atomic E-state index is 11.5. The first-order valence-corrected chi connectivity index (χ1v) is 5.36. The highest BCUT2D eigenvalue weighted by Gasteiger charge is 2.10. The van der Waals surface area contributed by atoms with Gasteiger partial charge in [-0.2, -0.15) is 0 Å². The summed E-state index contributed by atoms with van der Waals surface area (Å²) < 4.78 is 5.08. The van der Waals surface area contributed by atoms with Crippen molar-refractivity contribution in [3.63, 3.8) is 0 Å². The van der Waals surface area contributed by atoms with Gasteiger partial charge in [-0.15, -0.1) is 0 Å². The zero-order valence-electron chi connectivity index (χ0n) is 10.3. The molecule has 0 fully saturated rings. The van der Waals surface area contributed by atoms with Crippen molar-refractivity contribution < 1.29 is 19.4 Å². The number of rotatable bonds is 5. The first-order valence-electron chi connectivity index (χ1n) is 5.36. The van der Waals surface area contributed by atoms with Gasteiger partial charge in [0.2, 0.25) is 0 Å². The van der Waals surface area contributed by atoms with Gasteiger partial charge in [-0.25, -0.2) is 4.79 Å². The smallest absolute Gasteiger partial charge is 0.323 e. The predicted octanol–water partition coefficient (Wildman–Crippen LogP) is 0.921. The lowest BCUT2D eigenvalue weighted by Gasteiger charge is -2.17. The van der Waals surface area contributed by atoms with Crippen LogP contribution in [0.25, 0.3) is 0 Å². The fourth-order valence-corrected chi connectivity index (χ4v) is 1.40. The SMILES string of the molecule is COc1cccc(CN(C)C(=O)NCC(=O)O)c1. The lowest BCUT2D eigenvalue weighted by Crippen LogP contribution is -2.39. The number of aliphatic carboxylic acids is 1. The molecular weight excluding hydrogens is 236 g/mol. The number of carboxylic acid groups (broad SMARTS) is 1. The number of carbonyl (C=O) groups is 2. The van der Waals surface area contributed by atoms with Crippen LogP contribution < -0.4 is 10.1 Å². The first-order chi connectivity index (χ1) is 8.52. The van der Waals surface area contributed by atoms with E-state index in [0.29, 0.717) is 12.3 Å². The predicted molar refractivity (Wildman–Crippen MR) is 65.5 cm³/mol. The number of ether oxygens (including phenoxy) is 1. The summed E-state index contributed by atoms with van der Waals surface area (Å²) in [6.07, 6.45) is 0. The Balaban J connectivity index is 2.54. The lowest BCUT2D eigenvalue weighted by molar-refractivity contribution is -0.135. The number of methoxy groups -OCH3 is 1. The van der Waals surface area contributed by atoms with Crippen molar-refractivity contribution in [3.8, 4) is 5.75 Å². The third-order valence-electron chi connectivity index (χ3n) is 2.29. The van der Waals surface area contributed by atoms with Gasteiger partial charge in [-0.1, -0.05) is 12.1 Å². The summed E-state index contributed by atoms with van der Waals surface area (Å²) in [4.78, 5) is 23.2. The van der Waals surface area contributed by atoms with Gasteiger partial charge in [0.05, 0.1) is 7.11 Å². The molecule has 0 bridgehead atoms. The first kappa shape index (κ1) is 13.8. The summed E-state index contributed by atoms with van der Waals surface area (Å²) in [5, 5.41) is 10.7. The Hall–Kier alpha value is -2.24. The molecule has 0 aliphatic carbocycles. The standard InChI is InChI=1S/C12H16N2O4/c1-14(12(17)13-7-11(15)16)8-9-4-3-5-10(6-9)18-2/h3-6H,7-8H2,1-2H3,(H,13,17)(H,15,16). The maximum Gasteiger partial charge on any atom is 0.323 e. The van der Waals surface area contributed by atoms with Crippen LogP contribution in [0, 0.1) is 0 Å². The van der Waals surface area contributed by atoms with Crippen LogP contribution >= 0.6 is 0 Å². The fourth-order valence-electron chi connectivity index (χ4n) is 1.40. The van der Waals surface area contributed by atoms with Crippen LogP contribution in [0.5, 0.6) is 5.75 Å². The van der Waals surface area contributed by atoms with Gasteiger partial charge >= 0.3 is 12.0 Å². The van der Waals surface area contributed by atoms with E-state index in [1.165, 1.54) is 4.90 Å². The van der Waals surface area contributed by atoms with Crippen molar-refractivity contribution in [2.24, 2.45) is 0 Å². The number of nitrogens with one attached hydrogen (secondary N) is 1. The highest BCUT2D eigenvalue weighted by molar-refractivity contribution is 5.79. The zero-order valence-corrected chi connectivity index (χ0v) is 10.3. The van der Waals surface area contributed by atoms with Crippen LogP contribution in [0.15, 0.2) is 24.3 Å². The van der Waals surface area contributed by atoms with Crippen molar-refractivity contribution >= 4 is 12.0 Å². The number of hydrogen-bond acceptors (Lipinski definition) is 3. The molecule has 0 aliphatic heterocycles. The Bertz CT molecular complexity index is 434. The van der Waals surface area contributed by atoms with E-state index in [1.54, 1.807) is 14.2 Å². The molecule has 2 amide bonds. The van der Waals surface area contributed by atoms with Crippen molar-refractivity contribution in [1.29, 1.82) is 0 Å². The minimum Gasteiger partial charge on any atom is -0.497 e. The molecule has 0 saturated carbocycles. The summed E-state index contributed by atoms with van der Waals surface area (Å²) >= 11 is 0. The second-order valence-electron chi connectivity index (χ2n) is 3.76. The number of amides is 2. The Morgan fingerprint density at radius 1 is 1.44 bits per heavy atom. The van der Waals surface area contributed by atoms with E-state index in [4.69, 9.17) is 9.84 Å². The second kappa shape index (κ2) is 6.48. The van der Waals surface area contributed by atoms with Gasteiger partial charge in [0.1, 0.15) is 12.3 Å².